The Bertz CT molecular complexity index is 1570. The molecule has 4 heterocycles. The molecule has 13 nitrogen and oxygen atoms in total. The number of rotatable bonds is 6. The average molecular weight is 619 g/mol. The Morgan fingerprint density at radius 2 is 1.73 bits per heavy atom. The lowest BCUT2D eigenvalue weighted by molar-refractivity contribution is 0.0495. The van der Waals surface area contributed by atoms with Gasteiger partial charge in [0.15, 0.2) is 5.69 Å². The van der Waals surface area contributed by atoms with E-state index in [1.54, 1.807) is 18.5 Å². The fraction of sp³-hybridized carbons (Fsp3) is 0.469. The van der Waals surface area contributed by atoms with Crippen molar-refractivity contribution in [2.45, 2.75) is 45.8 Å². The minimum absolute atomic E-state index is 0.0493. The lowest BCUT2D eigenvalue weighted by atomic mass is 9.95. The topological polar surface area (TPSA) is 152 Å². The Balaban J connectivity index is 1.40. The van der Waals surface area contributed by atoms with Crippen LogP contribution in [0.1, 0.15) is 44.6 Å². The van der Waals surface area contributed by atoms with E-state index in [-0.39, 0.29) is 23.3 Å². The van der Waals surface area contributed by atoms with Gasteiger partial charge in [-0.2, -0.15) is 0 Å². The average Bonchev–Trinajstić information content (AvgIpc) is 2.95. The number of piperidine rings is 1. The minimum Gasteiger partial charge on any atom is -0.465 e. The van der Waals surface area contributed by atoms with Gasteiger partial charge in [-0.1, -0.05) is 13.0 Å². The van der Waals surface area contributed by atoms with Crippen molar-refractivity contribution < 1.29 is 24.2 Å². The maximum Gasteiger partial charge on any atom is 0.409 e. The molecular formula is C32H42N8O5. The standard InChI is InChI=1S/C32H42N8O5/c1-20-14-22(34-31(44)45-32(2,3)4)19-40(18-20)27-8-9-33-17-26(27)36-29(41)28-25(37-30(42)43)15-21-6-7-23(16-24(21)35-28)39-12-10-38(5)11-13-39/h6-9,15-17,20,22,37H,10-14,18-19H2,1-5H3,(H,34,44)(H,36,41)(H,42,43)/t20-,22+/m1/s1. The van der Waals surface area contributed by atoms with Crippen LogP contribution in [0, 0.1) is 5.92 Å². The lowest BCUT2D eigenvalue weighted by Crippen LogP contribution is -2.51. The number of amides is 3. The van der Waals surface area contributed by atoms with E-state index in [2.05, 4.69) is 54.6 Å². The van der Waals surface area contributed by atoms with E-state index in [4.69, 9.17) is 4.74 Å². The fourth-order valence-electron chi connectivity index (χ4n) is 5.87. The van der Waals surface area contributed by atoms with Gasteiger partial charge in [-0.25, -0.2) is 14.6 Å². The highest BCUT2D eigenvalue weighted by Crippen LogP contribution is 2.31. The van der Waals surface area contributed by atoms with Gasteiger partial charge in [-0.05, 0) is 64.4 Å². The third-order valence-electron chi connectivity index (χ3n) is 7.89. The fourth-order valence-corrected chi connectivity index (χ4v) is 5.87. The number of anilines is 4. The maximum atomic E-state index is 13.8. The number of alkyl carbamates (subject to hydrolysis) is 1. The van der Waals surface area contributed by atoms with Gasteiger partial charge in [0.1, 0.15) is 5.60 Å². The second-order valence-electron chi connectivity index (χ2n) is 12.9. The molecule has 2 aromatic heterocycles. The van der Waals surface area contributed by atoms with Crippen LogP contribution in [0.25, 0.3) is 10.9 Å². The number of hydrogen-bond acceptors (Lipinski definition) is 9. The summed E-state index contributed by atoms with van der Waals surface area (Å²) in [7, 11) is 2.10. The van der Waals surface area contributed by atoms with Crippen molar-refractivity contribution in [3.8, 4) is 0 Å². The number of pyridine rings is 2. The van der Waals surface area contributed by atoms with Crippen LogP contribution in [0.4, 0.5) is 32.3 Å². The number of carbonyl (C=O) groups is 3. The molecule has 0 spiro atoms. The van der Waals surface area contributed by atoms with Crippen LogP contribution >= 0.6 is 0 Å². The highest BCUT2D eigenvalue weighted by molar-refractivity contribution is 6.11. The van der Waals surface area contributed by atoms with Crippen molar-refractivity contribution in [2.24, 2.45) is 5.92 Å². The van der Waals surface area contributed by atoms with Crippen LogP contribution in [0.2, 0.25) is 0 Å². The van der Waals surface area contributed by atoms with Crippen molar-refractivity contribution in [1.29, 1.82) is 0 Å². The Hall–Kier alpha value is -4.65. The van der Waals surface area contributed by atoms with Gasteiger partial charge in [-0.15, -0.1) is 0 Å². The molecule has 3 amide bonds. The summed E-state index contributed by atoms with van der Waals surface area (Å²) in [5, 5.41) is 18.5. The third kappa shape index (κ3) is 8.09. The Morgan fingerprint density at radius 1 is 0.978 bits per heavy atom. The zero-order valence-corrected chi connectivity index (χ0v) is 26.5. The Morgan fingerprint density at radius 3 is 2.44 bits per heavy atom. The van der Waals surface area contributed by atoms with Crippen molar-refractivity contribution in [1.82, 2.24) is 20.2 Å². The van der Waals surface area contributed by atoms with Crippen LogP contribution in [0.15, 0.2) is 42.7 Å². The number of ether oxygens (including phenoxy) is 1. The molecule has 13 heteroatoms. The minimum atomic E-state index is -1.30. The van der Waals surface area contributed by atoms with E-state index in [9.17, 15) is 19.5 Å². The molecule has 2 saturated heterocycles. The third-order valence-corrected chi connectivity index (χ3v) is 7.89. The number of aromatic nitrogens is 2. The van der Waals surface area contributed by atoms with E-state index in [1.807, 2.05) is 45.0 Å². The van der Waals surface area contributed by atoms with Crippen molar-refractivity contribution >= 4 is 51.7 Å². The predicted octanol–water partition coefficient (Wildman–Crippen LogP) is 4.46. The first-order valence-electron chi connectivity index (χ1n) is 15.2. The molecule has 45 heavy (non-hydrogen) atoms. The summed E-state index contributed by atoms with van der Waals surface area (Å²) in [6, 6.07) is 9.09. The first-order chi connectivity index (χ1) is 21.3. The van der Waals surface area contributed by atoms with Crippen molar-refractivity contribution in [2.75, 3.05) is 66.7 Å². The largest absolute Gasteiger partial charge is 0.465 e. The van der Waals surface area contributed by atoms with E-state index in [0.29, 0.717) is 29.7 Å². The molecule has 0 bridgehead atoms. The van der Waals surface area contributed by atoms with E-state index < -0.39 is 23.7 Å². The zero-order valence-electron chi connectivity index (χ0n) is 26.5. The molecule has 4 N–H and O–H groups in total. The summed E-state index contributed by atoms with van der Waals surface area (Å²) in [6.07, 6.45) is 2.21. The summed E-state index contributed by atoms with van der Waals surface area (Å²) in [5.41, 5.74) is 2.18. The van der Waals surface area contributed by atoms with Gasteiger partial charge in [0.05, 0.1) is 28.8 Å². The van der Waals surface area contributed by atoms with Crippen molar-refractivity contribution in [3.05, 3.63) is 48.4 Å². The van der Waals surface area contributed by atoms with Gasteiger partial charge >= 0.3 is 12.2 Å². The quantitative estimate of drug-likeness (QED) is 0.312. The van der Waals surface area contributed by atoms with E-state index in [1.165, 1.54) is 0 Å². The molecule has 2 aliphatic heterocycles. The highest BCUT2D eigenvalue weighted by Gasteiger charge is 2.29. The number of nitrogens with zero attached hydrogens (tertiary/aromatic N) is 5. The van der Waals surface area contributed by atoms with E-state index in [0.717, 1.165) is 44.0 Å². The second kappa shape index (κ2) is 13.1. The van der Waals surface area contributed by atoms with Crippen LogP contribution in [-0.2, 0) is 4.74 Å². The number of carbonyl (C=O) groups excluding carboxylic acids is 2. The Labute approximate surface area is 262 Å². The van der Waals surface area contributed by atoms with Crippen LogP contribution in [0.3, 0.4) is 0 Å². The molecule has 0 unspecified atom stereocenters. The second-order valence-corrected chi connectivity index (χ2v) is 12.9. The molecule has 2 aliphatic rings. The SMILES string of the molecule is C[C@@H]1C[C@H](NC(=O)OC(C)(C)C)CN(c2ccncc2NC(=O)c2nc3cc(N4CCN(C)CC4)ccc3cc2NC(=O)O)C1. The van der Waals surface area contributed by atoms with Crippen LogP contribution < -0.4 is 25.8 Å². The predicted molar refractivity (Wildman–Crippen MR) is 174 cm³/mol. The summed E-state index contributed by atoms with van der Waals surface area (Å²) in [6.45, 7) is 12.4. The summed E-state index contributed by atoms with van der Waals surface area (Å²) in [5.74, 6) is -0.327. The number of hydrogen-bond donors (Lipinski definition) is 4. The number of benzene rings is 1. The molecular weight excluding hydrogens is 576 g/mol. The van der Waals surface area contributed by atoms with Crippen LogP contribution in [0.5, 0.6) is 0 Å². The van der Waals surface area contributed by atoms with Gasteiger partial charge in [0.25, 0.3) is 5.91 Å². The molecule has 0 saturated carbocycles. The molecule has 2 fully saturated rings. The molecule has 240 valence electrons. The number of likely N-dealkylation sites (N-methyl/N-ethyl adjacent to an activating group) is 1. The molecule has 5 rings (SSSR count). The summed E-state index contributed by atoms with van der Waals surface area (Å²) in [4.78, 5) is 53.5. The lowest BCUT2D eigenvalue weighted by Gasteiger charge is -2.39. The van der Waals surface area contributed by atoms with Crippen LogP contribution in [-0.4, -0.2) is 96.0 Å². The van der Waals surface area contributed by atoms with Gasteiger partial charge in [0.2, 0.25) is 0 Å². The molecule has 0 radical (unpaired) electrons. The normalized spacial score (nSPS) is 19.2. The zero-order chi connectivity index (χ0) is 32.3. The monoisotopic (exact) mass is 618 g/mol. The number of piperazine rings is 1. The number of carboxylic acid groups (broad SMARTS) is 1. The molecule has 1 aromatic carbocycles. The number of nitrogens with one attached hydrogen (secondary N) is 3. The first-order valence-corrected chi connectivity index (χ1v) is 15.2. The summed E-state index contributed by atoms with van der Waals surface area (Å²) >= 11 is 0. The summed E-state index contributed by atoms with van der Waals surface area (Å²) < 4.78 is 5.46. The van der Waals surface area contributed by atoms with Crippen molar-refractivity contribution in [3.63, 3.8) is 0 Å². The number of fused-ring (bicyclic) bond motifs is 1. The van der Waals surface area contributed by atoms with E-state index >= 15 is 0 Å². The molecule has 2 atom stereocenters. The molecule has 3 aromatic rings. The Kier molecular flexibility index (Phi) is 9.28. The maximum absolute atomic E-state index is 13.8. The first kappa shape index (κ1) is 31.8. The molecule has 0 aliphatic carbocycles. The van der Waals surface area contributed by atoms with Gasteiger partial charge in [-0.3, -0.25) is 15.1 Å². The van der Waals surface area contributed by atoms with Gasteiger partial charge < -0.3 is 35.2 Å². The smallest absolute Gasteiger partial charge is 0.409 e. The highest BCUT2D eigenvalue weighted by atomic mass is 16.6. The van der Waals surface area contributed by atoms with Gasteiger partial charge in [0, 0.05) is 62.6 Å².